The molecule has 0 bridgehead atoms. The summed E-state index contributed by atoms with van der Waals surface area (Å²) >= 11 is 0. The van der Waals surface area contributed by atoms with E-state index in [9.17, 15) is 50.3 Å². The first-order chi connectivity index (χ1) is 60.9. The number of anilines is 6. The Morgan fingerprint density at radius 1 is 0.468 bits per heavy atom. The highest BCUT2D eigenvalue weighted by Crippen LogP contribution is 2.45. The number of aromatic nitrogens is 12. The van der Waals surface area contributed by atoms with E-state index in [0.717, 1.165) is 6.07 Å². The Balaban J connectivity index is 0.000000117. The molecule has 0 saturated heterocycles. The molecule has 0 spiro atoms. The first-order valence-electron chi connectivity index (χ1n) is 39.0. The number of amides is 2. The summed E-state index contributed by atoms with van der Waals surface area (Å²) in [5.74, 6) is -1.22. The van der Waals surface area contributed by atoms with Crippen LogP contribution in [0.4, 0.5) is 61.9 Å². The molecule has 0 fully saturated rings. The van der Waals surface area contributed by atoms with Gasteiger partial charge in [0, 0.05) is 56.1 Å². The van der Waals surface area contributed by atoms with Crippen LogP contribution in [0.15, 0.2) is 222 Å². The van der Waals surface area contributed by atoms with Crippen LogP contribution < -0.4 is 39.3 Å². The number of benzene rings is 5. The van der Waals surface area contributed by atoms with Gasteiger partial charge >= 0.3 is 17.6 Å². The predicted molar refractivity (Wildman–Crippen MR) is 444 cm³/mol. The summed E-state index contributed by atoms with van der Waals surface area (Å²) in [6, 6.07) is 45.1. The quantitative estimate of drug-likeness (QED) is 0.0470. The second-order valence-corrected chi connectivity index (χ2v) is 29.2. The smallest absolute Gasteiger partial charge is 0.343 e. The van der Waals surface area contributed by atoms with E-state index in [1.165, 1.54) is 68.1 Å². The lowest BCUT2D eigenvalue weighted by atomic mass is 9.91. The summed E-state index contributed by atoms with van der Waals surface area (Å²) in [4.78, 5) is 108. The number of cyclic esters (lactones) is 2. The van der Waals surface area contributed by atoms with Gasteiger partial charge in [0.15, 0.2) is 40.0 Å². The number of fused-ring (bicyclic) bond motifs is 5. The van der Waals surface area contributed by atoms with Gasteiger partial charge in [-0.15, -0.1) is 0 Å². The van der Waals surface area contributed by atoms with Gasteiger partial charge in [-0.3, -0.25) is 23.6 Å². The molecule has 4 aliphatic heterocycles. The number of hydrogen-bond donors (Lipinski definition) is 5. The number of ether oxygens (including phenoxy) is 2. The van der Waals surface area contributed by atoms with Gasteiger partial charge in [-0.1, -0.05) is 78.9 Å². The largest absolute Gasteiger partial charge is 0.463 e. The SMILES string of the molecule is CN1C(=O)c2c(-c3ccco3)nc(N)nc2C1Cc1ccccc1F.Cc1ccc(-c2nc(N)nc3c2C(=O)OC3(C)Cc2ccccc2F)o1.Cn1c(=O)n(Cc2ccccc2F)c2nc(N)nc(-c3ccco3)c21.Nc1nc(-c2ccco2)c2c(n1)N(Cc1ccccc1F)C(=O)C2.[2H]C1(Cc2ccc(F)cc2F)OC(=O)c2c(-c3ccc(C)o3)nc(N)nc21. The number of aryl methyl sites for hydroxylation is 3. The first kappa shape index (κ1) is 82.0. The summed E-state index contributed by atoms with van der Waals surface area (Å²) in [5, 5.41) is 0. The second kappa shape index (κ2) is 34.3. The molecule has 37 heteroatoms. The van der Waals surface area contributed by atoms with Crippen molar-refractivity contribution in [3.8, 4) is 57.3 Å². The van der Waals surface area contributed by atoms with Crippen molar-refractivity contribution in [3.05, 3.63) is 319 Å². The highest BCUT2D eigenvalue weighted by atomic mass is 19.2. The molecule has 0 aliphatic carbocycles. The molecule has 3 atom stereocenters. The van der Waals surface area contributed by atoms with Crippen LogP contribution in [0, 0.1) is 48.8 Å². The Kier molecular flexibility index (Phi) is 22.3. The molecule has 3 unspecified atom stereocenters. The lowest BCUT2D eigenvalue weighted by Gasteiger charge is -2.23. The van der Waals surface area contributed by atoms with E-state index in [4.69, 9.17) is 61.6 Å². The number of nitrogens with two attached hydrogens (primary N) is 5. The Hall–Kier alpha value is -16.4. The van der Waals surface area contributed by atoms with Crippen LogP contribution in [0.1, 0.15) is 113 Å². The van der Waals surface area contributed by atoms with Crippen molar-refractivity contribution in [2.45, 2.75) is 77.3 Å². The Morgan fingerprint density at radius 3 is 1.51 bits per heavy atom. The number of nitrogens with zero attached hydrogens (tertiary/aromatic N) is 14. The average molecular weight is 1710 g/mol. The molecule has 4 aliphatic rings. The predicted octanol–water partition coefficient (Wildman–Crippen LogP) is 14.3. The van der Waals surface area contributed by atoms with Gasteiger partial charge in [0.1, 0.15) is 115 Å². The third kappa shape index (κ3) is 16.6. The maximum absolute atomic E-state index is 14.1. The van der Waals surface area contributed by atoms with Crippen molar-refractivity contribution < 1.29 is 78.5 Å². The van der Waals surface area contributed by atoms with E-state index >= 15 is 0 Å². The summed E-state index contributed by atoms with van der Waals surface area (Å²) in [5.41, 5.74) is 33.6. The zero-order chi connectivity index (χ0) is 89.6. The van der Waals surface area contributed by atoms with Crippen molar-refractivity contribution in [1.29, 1.82) is 0 Å². The molecule has 16 aromatic rings. The van der Waals surface area contributed by atoms with Gasteiger partial charge < -0.3 is 65.1 Å². The molecular formula is C89H71F6N19O12. The topological polar surface area (TPSA) is 445 Å². The number of carbonyl (C=O) groups is 4. The molecule has 15 heterocycles. The minimum Gasteiger partial charge on any atom is -0.463 e. The molecule has 31 nitrogen and oxygen atoms in total. The van der Waals surface area contributed by atoms with Crippen LogP contribution in [0.2, 0.25) is 0 Å². The minimum absolute atomic E-state index is 0.000346. The van der Waals surface area contributed by atoms with Gasteiger partial charge in [-0.25, -0.2) is 80.6 Å². The van der Waals surface area contributed by atoms with Crippen LogP contribution in [-0.2, 0) is 65.7 Å². The fraction of sp³-hybridized carbons (Fsp3) is 0.157. The molecule has 11 aromatic heterocycles. The highest BCUT2D eigenvalue weighted by molar-refractivity contribution is 6.04. The fourth-order valence-corrected chi connectivity index (χ4v) is 14.8. The van der Waals surface area contributed by atoms with Crippen LogP contribution in [0.25, 0.3) is 68.4 Å². The molecule has 0 saturated carbocycles. The number of likely N-dealkylation sites (N-methyl/N-ethyl adjacent to an activating group) is 1. The number of imidazole rings is 1. The lowest BCUT2D eigenvalue weighted by Crippen LogP contribution is -2.27. The van der Waals surface area contributed by atoms with Gasteiger partial charge in [-0.2, -0.15) is 9.97 Å². The molecule has 636 valence electrons. The third-order valence-electron chi connectivity index (χ3n) is 20.7. The molecule has 5 aromatic carbocycles. The number of furan rings is 5. The second-order valence-electron chi connectivity index (χ2n) is 29.2. The van der Waals surface area contributed by atoms with Gasteiger partial charge in [-0.05, 0) is 128 Å². The third-order valence-corrected chi connectivity index (χ3v) is 20.7. The summed E-state index contributed by atoms with van der Waals surface area (Å²) in [6.45, 7) is 5.32. The standard InChI is InChI=1S/C19H16FN3O3.C18H13F2N3O3.C18H15FN4O2.C17H14FN5O2.C17H13FN4O2/c1-10-7-8-13(25-10)15-14-16(23-18(21)22-15)19(2,26-17(14)24)9-11-5-3-4-6-12(11)20;1-8-2-5-12(25-8)15-14-16(23-18(21)22-15)13(26-17(14)24)6-9-3-4-10(19)7-11(9)20;1-23-12(9-10-5-2-3-6-11(10)19)15-14(17(23)24)16(22-18(20)21-15)13-7-4-8-25-13;1-22-14-13(12-7-4-8-25-12)20-16(19)21-15(14)23(17(22)24)9-10-5-2-3-6-11(10)18;18-12-5-2-1-4-10(12)9-22-14(23)8-11-15(13-6-3-7-24-13)20-17(19)21-16(11)22/h3-8H,9H2,1-2H3,(H2,21,22,23);2-5,7,13H,6H2,1H3,(H2,21,22,23);2-8,12H,9H2,1H3,(H2,20,21,22);2-8H,9H2,1H3,(H2,19,20,21);1-7H,8-9H2,(H2,19,20,21)/i;13D;;;. The monoisotopic (exact) mass is 1710 g/mol. The van der Waals surface area contributed by atoms with E-state index in [2.05, 4.69) is 49.8 Å². The van der Waals surface area contributed by atoms with Crippen molar-refractivity contribution in [2.75, 3.05) is 40.6 Å². The van der Waals surface area contributed by atoms with Crippen LogP contribution >= 0.6 is 0 Å². The normalized spacial score (nSPS) is 15.8. The average Bonchev–Trinajstić information content (AvgIpc) is 1.61. The Morgan fingerprint density at radius 2 is 0.952 bits per heavy atom. The number of hydrogen-bond acceptors (Lipinski definition) is 27. The maximum Gasteiger partial charge on any atom is 0.343 e. The van der Waals surface area contributed by atoms with Crippen molar-refractivity contribution in [1.82, 2.24) is 63.9 Å². The Labute approximate surface area is 710 Å². The van der Waals surface area contributed by atoms with E-state index in [1.54, 1.807) is 168 Å². The van der Waals surface area contributed by atoms with Crippen LogP contribution in [-0.4, -0.2) is 94.7 Å². The van der Waals surface area contributed by atoms with E-state index < -0.39 is 41.3 Å². The van der Waals surface area contributed by atoms with Gasteiger partial charge in [0.2, 0.25) is 35.6 Å². The summed E-state index contributed by atoms with van der Waals surface area (Å²) in [7, 11) is 3.27. The highest BCUT2D eigenvalue weighted by Gasteiger charge is 2.48. The number of halogens is 6. The molecule has 126 heavy (non-hydrogen) atoms. The molecule has 20 rings (SSSR count). The van der Waals surface area contributed by atoms with E-state index in [1.807, 2.05) is 0 Å². The summed E-state index contributed by atoms with van der Waals surface area (Å²) < 4.78 is 133. The van der Waals surface area contributed by atoms with Crippen LogP contribution in [0.5, 0.6) is 0 Å². The van der Waals surface area contributed by atoms with E-state index in [0.29, 0.717) is 126 Å². The fourth-order valence-electron chi connectivity index (χ4n) is 14.8. The maximum atomic E-state index is 14.1. The number of carbonyl (C=O) groups excluding carboxylic acids is 4. The molecule has 2 amide bonds. The lowest BCUT2D eigenvalue weighted by molar-refractivity contribution is -0.117. The molecular weight excluding hydrogens is 1640 g/mol. The van der Waals surface area contributed by atoms with Crippen LogP contribution in [0.3, 0.4) is 0 Å². The minimum atomic E-state index is -2.03. The van der Waals surface area contributed by atoms with Gasteiger partial charge in [0.05, 0.1) is 57.0 Å². The zero-order valence-electron chi connectivity index (χ0n) is 68.1. The number of esters is 2. The zero-order valence-corrected chi connectivity index (χ0v) is 67.1. The van der Waals surface area contributed by atoms with E-state index in [-0.39, 0.29) is 142 Å². The number of rotatable bonds is 15. The van der Waals surface area contributed by atoms with Crippen molar-refractivity contribution in [3.63, 3.8) is 0 Å². The summed E-state index contributed by atoms with van der Waals surface area (Å²) in [6.07, 6.45) is 2.69. The van der Waals surface area contributed by atoms with Crippen molar-refractivity contribution in [2.24, 2.45) is 7.05 Å². The Bertz CT molecular complexity index is 7050. The first-order valence-corrected chi connectivity index (χ1v) is 38.5. The number of nitrogen functional groups attached to an aromatic ring is 5. The van der Waals surface area contributed by atoms with Crippen molar-refractivity contribution >= 4 is 70.5 Å². The molecule has 0 radical (unpaired) electrons. The molecule has 10 N–H and O–H groups in total. The van der Waals surface area contributed by atoms with Gasteiger partial charge in [0.25, 0.3) is 5.91 Å².